The normalized spacial score (nSPS) is 21.8. The van der Waals surface area contributed by atoms with Crippen LogP contribution in [0.4, 0.5) is 14.5 Å². The molecule has 0 unspecified atom stereocenters. The first-order valence-electron chi connectivity index (χ1n) is 12.1. The molecule has 0 bridgehead atoms. The van der Waals surface area contributed by atoms with E-state index in [1.165, 1.54) is 17.0 Å². The van der Waals surface area contributed by atoms with Gasteiger partial charge >= 0.3 is 5.97 Å². The zero-order valence-corrected chi connectivity index (χ0v) is 21.3. The second-order valence-corrected chi connectivity index (χ2v) is 10.8. The zero-order chi connectivity index (χ0) is 26.3. The lowest BCUT2D eigenvalue weighted by Crippen LogP contribution is -2.47. The van der Waals surface area contributed by atoms with Crippen molar-refractivity contribution >= 4 is 29.2 Å². The predicted molar refractivity (Wildman–Crippen MR) is 135 cm³/mol. The van der Waals surface area contributed by atoms with E-state index < -0.39 is 17.3 Å². The summed E-state index contributed by atoms with van der Waals surface area (Å²) in [6.45, 7) is 6.64. The summed E-state index contributed by atoms with van der Waals surface area (Å²) in [5.41, 5.74) is 1.26. The molecule has 2 aromatic rings. The van der Waals surface area contributed by atoms with Crippen molar-refractivity contribution in [1.29, 1.82) is 0 Å². The third kappa shape index (κ3) is 5.26. The van der Waals surface area contributed by atoms with Crippen LogP contribution in [0.25, 0.3) is 0 Å². The van der Waals surface area contributed by atoms with Crippen LogP contribution in [-0.2, 0) is 10.2 Å². The standard InChI is InChI=1S/C28H30ClF2NO4/c1-17(2)10-11-36-24-9-6-20(12-23(24)29)27(3)15-25(33)32(16-22(27)19-13-28(30,31)14-19)21-7-4-18(5-8-21)26(34)35/h4-9,12,16-17,19H,10-11,13-15H2,1-3H3,(H,34,35)/t27-/m0/s1. The fourth-order valence-electron chi connectivity index (χ4n) is 4.90. The summed E-state index contributed by atoms with van der Waals surface area (Å²) >= 11 is 6.54. The maximum Gasteiger partial charge on any atom is 0.335 e. The molecule has 192 valence electrons. The minimum Gasteiger partial charge on any atom is -0.492 e. The Balaban J connectivity index is 1.69. The molecule has 1 heterocycles. The van der Waals surface area contributed by atoms with Crippen molar-refractivity contribution in [2.45, 2.75) is 57.8 Å². The summed E-state index contributed by atoms with van der Waals surface area (Å²) in [6.07, 6.45) is 2.04. The van der Waals surface area contributed by atoms with E-state index in [9.17, 15) is 18.4 Å². The molecule has 1 atom stereocenters. The molecule has 2 aromatic carbocycles. The van der Waals surface area contributed by atoms with E-state index in [-0.39, 0.29) is 36.7 Å². The van der Waals surface area contributed by atoms with Crippen molar-refractivity contribution in [3.05, 3.63) is 70.4 Å². The molecule has 1 saturated carbocycles. The Bertz CT molecular complexity index is 1190. The molecule has 0 spiro atoms. The van der Waals surface area contributed by atoms with Crippen LogP contribution in [0.1, 0.15) is 62.4 Å². The lowest BCUT2D eigenvalue weighted by Gasteiger charge is -2.47. The van der Waals surface area contributed by atoms with Crippen LogP contribution in [-0.4, -0.2) is 29.5 Å². The number of carbonyl (C=O) groups is 2. The number of rotatable bonds is 8. The van der Waals surface area contributed by atoms with Crippen LogP contribution in [0.3, 0.4) is 0 Å². The van der Waals surface area contributed by atoms with Crippen molar-refractivity contribution in [3.8, 4) is 5.75 Å². The number of benzene rings is 2. The Morgan fingerprint density at radius 2 is 1.86 bits per heavy atom. The van der Waals surface area contributed by atoms with Gasteiger partial charge in [0.25, 0.3) is 0 Å². The van der Waals surface area contributed by atoms with Gasteiger partial charge in [0.2, 0.25) is 11.8 Å². The molecule has 1 aliphatic carbocycles. The number of carboxylic acid groups (broad SMARTS) is 1. The van der Waals surface area contributed by atoms with E-state index in [4.69, 9.17) is 21.4 Å². The number of amides is 1. The molecular formula is C28H30ClF2NO4. The number of anilines is 1. The first-order chi connectivity index (χ1) is 16.9. The number of allylic oxidation sites excluding steroid dienone is 1. The van der Waals surface area contributed by atoms with E-state index in [0.717, 1.165) is 17.6 Å². The average Bonchev–Trinajstić information content (AvgIpc) is 2.78. The first-order valence-corrected chi connectivity index (χ1v) is 12.5. The van der Waals surface area contributed by atoms with Gasteiger partial charge in [-0.15, -0.1) is 0 Å². The zero-order valence-electron chi connectivity index (χ0n) is 20.6. The Labute approximate surface area is 214 Å². The Hall–Kier alpha value is -2.93. The quantitative estimate of drug-likeness (QED) is 0.406. The summed E-state index contributed by atoms with van der Waals surface area (Å²) in [7, 11) is 0. The third-order valence-electron chi connectivity index (χ3n) is 7.12. The van der Waals surface area contributed by atoms with Crippen LogP contribution in [0.15, 0.2) is 54.2 Å². The van der Waals surface area contributed by atoms with Crippen LogP contribution in [0.5, 0.6) is 5.75 Å². The second kappa shape index (κ2) is 9.85. The number of carboxylic acids is 1. The molecule has 1 aliphatic heterocycles. The van der Waals surface area contributed by atoms with Gasteiger partial charge in [0.15, 0.2) is 0 Å². The molecule has 0 saturated heterocycles. The maximum atomic E-state index is 13.9. The number of alkyl halides is 2. The second-order valence-electron chi connectivity index (χ2n) is 10.3. The lowest BCUT2D eigenvalue weighted by molar-refractivity contribution is -0.120. The van der Waals surface area contributed by atoms with E-state index in [0.29, 0.717) is 29.0 Å². The van der Waals surface area contributed by atoms with Crippen LogP contribution in [0, 0.1) is 11.8 Å². The van der Waals surface area contributed by atoms with E-state index >= 15 is 0 Å². The van der Waals surface area contributed by atoms with Gasteiger partial charge in [-0.3, -0.25) is 9.69 Å². The molecule has 1 N–H and O–H groups in total. The summed E-state index contributed by atoms with van der Waals surface area (Å²) < 4.78 is 33.6. The molecule has 0 radical (unpaired) electrons. The molecule has 36 heavy (non-hydrogen) atoms. The number of carbonyl (C=O) groups excluding carboxylic acids is 1. The van der Waals surface area contributed by atoms with Crippen molar-refractivity contribution in [2.75, 3.05) is 11.5 Å². The van der Waals surface area contributed by atoms with Gasteiger partial charge in [-0.25, -0.2) is 13.6 Å². The monoisotopic (exact) mass is 517 g/mol. The van der Waals surface area contributed by atoms with Crippen LogP contribution >= 0.6 is 11.6 Å². The highest BCUT2D eigenvalue weighted by molar-refractivity contribution is 6.32. The Morgan fingerprint density at radius 1 is 1.19 bits per heavy atom. The SMILES string of the molecule is CC(C)CCOc1ccc([C@]2(C)CC(=O)N(c3ccc(C(=O)O)cc3)C=C2C2CC(F)(F)C2)cc1Cl. The largest absolute Gasteiger partial charge is 0.492 e. The van der Waals surface area contributed by atoms with Crippen molar-refractivity contribution in [2.24, 2.45) is 11.8 Å². The minimum atomic E-state index is -2.73. The van der Waals surface area contributed by atoms with Gasteiger partial charge in [0.1, 0.15) is 5.75 Å². The molecule has 2 aliphatic rings. The highest BCUT2D eigenvalue weighted by Crippen LogP contribution is 2.54. The van der Waals surface area contributed by atoms with Gasteiger partial charge in [-0.1, -0.05) is 38.4 Å². The number of aromatic carboxylic acids is 1. The topological polar surface area (TPSA) is 66.8 Å². The Morgan fingerprint density at radius 3 is 2.42 bits per heavy atom. The Kier molecular flexibility index (Phi) is 7.15. The summed E-state index contributed by atoms with van der Waals surface area (Å²) in [5, 5.41) is 9.58. The molecule has 4 rings (SSSR count). The molecule has 0 aromatic heterocycles. The van der Waals surface area contributed by atoms with Gasteiger partial charge in [0.05, 0.1) is 17.2 Å². The number of hydrogen-bond donors (Lipinski definition) is 1. The lowest BCUT2D eigenvalue weighted by atomic mass is 9.62. The van der Waals surface area contributed by atoms with Gasteiger partial charge in [0, 0.05) is 36.6 Å². The molecule has 8 heteroatoms. The predicted octanol–water partition coefficient (Wildman–Crippen LogP) is 7.09. The van der Waals surface area contributed by atoms with Crippen molar-refractivity contribution in [1.82, 2.24) is 0 Å². The third-order valence-corrected chi connectivity index (χ3v) is 7.42. The first kappa shape index (κ1) is 26.1. The summed E-state index contributed by atoms with van der Waals surface area (Å²) in [4.78, 5) is 26.0. The average molecular weight is 518 g/mol. The number of ether oxygens (including phenoxy) is 1. The van der Waals surface area contributed by atoms with Crippen molar-refractivity contribution < 1.29 is 28.2 Å². The highest BCUT2D eigenvalue weighted by Gasteiger charge is 2.52. The fraction of sp³-hybridized carbons (Fsp3) is 0.429. The smallest absolute Gasteiger partial charge is 0.335 e. The highest BCUT2D eigenvalue weighted by atomic mass is 35.5. The summed E-state index contributed by atoms with van der Waals surface area (Å²) in [6, 6.07) is 11.3. The molecule has 1 fully saturated rings. The minimum absolute atomic E-state index is 0.0610. The molecule has 1 amide bonds. The fourth-order valence-corrected chi connectivity index (χ4v) is 5.13. The van der Waals surface area contributed by atoms with E-state index in [1.807, 2.05) is 13.0 Å². The van der Waals surface area contributed by atoms with Gasteiger partial charge < -0.3 is 9.84 Å². The van der Waals surface area contributed by atoms with E-state index in [2.05, 4.69) is 13.8 Å². The van der Waals surface area contributed by atoms with E-state index in [1.54, 1.807) is 30.5 Å². The van der Waals surface area contributed by atoms with Crippen LogP contribution in [0.2, 0.25) is 5.02 Å². The van der Waals surface area contributed by atoms with Crippen LogP contribution < -0.4 is 9.64 Å². The van der Waals surface area contributed by atoms with Gasteiger partial charge in [-0.2, -0.15) is 0 Å². The maximum absolute atomic E-state index is 13.9. The summed E-state index contributed by atoms with van der Waals surface area (Å²) in [5.74, 6) is -3.36. The molecular weight excluding hydrogens is 488 g/mol. The van der Waals surface area contributed by atoms with Crippen molar-refractivity contribution in [3.63, 3.8) is 0 Å². The van der Waals surface area contributed by atoms with Gasteiger partial charge in [-0.05, 0) is 65.8 Å². The number of nitrogens with zero attached hydrogens (tertiary/aromatic N) is 1. The number of hydrogen-bond acceptors (Lipinski definition) is 3. The molecule has 5 nitrogen and oxygen atoms in total. The number of halogens is 3.